The topological polar surface area (TPSA) is 73.2 Å². The minimum absolute atomic E-state index is 0.252. The van der Waals surface area contributed by atoms with Crippen molar-refractivity contribution in [1.82, 2.24) is 9.78 Å². The Kier molecular flexibility index (Phi) is 4.49. The van der Waals surface area contributed by atoms with Crippen LogP contribution in [0, 0.1) is 0 Å². The SMILES string of the molecule is O=S(=O)(Nc1cnn(C2CCOCC2)c1)C1CCCCC1. The number of anilines is 1. The molecular weight excluding hydrogens is 290 g/mol. The van der Waals surface area contributed by atoms with Gasteiger partial charge in [0.05, 0.1) is 23.2 Å². The largest absolute Gasteiger partial charge is 0.381 e. The van der Waals surface area contributed by atoms with Crippen molar-refractivity contribution in [3.8, 4) is 0 Å². The van der Waals surface area contributed by atoms with Crippen molar-refractivity contribution in [3.05, 3.63) is 12.4 Å². The van der Waals surface area contributed by atoms with Gasteiger partial charge in [0.2, 0.25) is 10.0 Å². The molecule has 21 heavy (non-hydrogen) atoms. The van der Waals surface area contributed by atoms with Gasteiger partial charge in [-0.3, -0.25) is 9.40 Å². The van der Waals surface area contributed by atoms with E-state index in [4.69, 9.17) is 4.74 Å². The standard InChI is InChI=1S/C14H23N3O3S/c18-21(19,14-4-2-1-3-5-14)16-12-10-15-17(11-12)13-6-8-20-9-7-13/h10-11,13-14,16H,1-9H2. The first-order valence-electron chi connectivity index (χ1n) is 7.79. The maximum absolute atomic E-state index is 12.4. The maximum Gasteiger partial charge on any atom is 0.235 e. The summed E-state index contributed by atoms with van der Waals surface area (Å²) in [6, 6.07) is 0.312. The molecule has 3 rings (SSSR count). The Hall–Kier alpha value is -1.08. The second-order valence-corrected chi connectivity index (χ2v) is 7.92. The minimum Gasteiger partial charge on any atom is -0.381 e. The third-order valence-electron chi connectivity index (χ3n) is 4.42. The fraction of sp³-hybridized carbons (Fsp3) is 0.786. The summed E-state index contributed by atoms with van der Waals surface area (Å²) >= 11 is 0. The van der Waals surface area contributed by atoms with Crippen LogP contribution in [0.25, 0.3) is 0 Å². The number of sulfonamides is 1. The van der Waals surface area contributed by atoms with E-state index in [1.165, 1.54) is 0 Å². The van der Waals surface area contributed by atoms with E-state index in [9.17, 15) is 8.42 Å². The van der Waals surface area contributed by atoms with Crippen LogP contribution >= 0.6 is 0 Å². The molecule has 0 bridgehead atoms. The van der Waals surface area contributed by atoms with Crippen molar-refractivity contribution in [2.45, 2.75) is 56.2 Å². The van der Waals surface area contributed by atoms with Crippen LogP contribution in [0.5, 0.6) is 0 Å². The molecule has 1 saturated carbocycles. The van der Waals surface area contributed by atoms with Gasteiger partial charge < -0.3 is 4.74 Å². The van der Waals surface area contributed by atoms with Crippen LogP contribution in [0.4, 0.5) is 5.69 Å². The Bertz CT molecular complexity index is 558. The van der Waals surface area contributed by atoms with Gasteiger partial charge in [-0.2, -0.15) is 5.10 Å². The van der Waals surface area contributed by atoms with Crippen LogP contribution in [0.1, 0.15) is 51.0 Å². The summed E-state index contributed by atoms with van der Waals surface area (Å²) in [6.45, 7) is 1.49. The highest BCUT2D eigenvalue weighted by molar-refractivity contribution is 7.93. The smallest absolute Gasteiger partial charge is 0.235 e. The molecule has 7 heteroatoms. The lowest BCUT2D eigenvalue weighted by molar-refractivity contribution is 0.0662. The lowest BCUT2D eigenvalue weighted by Gasteiger charge is -2.22. The maximum atomic E-state index is 12.4. The lowest BCUT2D eigenvalue weighted by Crippen LogP contribution is -2.29. The molecule has 1 N–H and O–H groups in total. The third kappa shape index (κ3) is 3.58. The number of hydrogen-bond acceptors (Lipinski definition) is 4. The number of ether oxygens (including phenoxy) is 1. The van der Waals surface area contributed by atoms with E-state index in [2.05, 4.69) is 9.82 Å². The van der Waals surface area contributed by atoms with Crippen molar-refractivity contribution in [2.24, 2.45) is 0 Å². The summed E-state index contributed by atoms with van der Waals surface area (Å²) in [5, 5.41) is 4.05. The highest BCUT2D eigenvalue weighted by Gasteiger charge is 2.27. The van der Waals surface area contributed by atoms with Gasteiger partial charge in [0.15, 0.2) is 0 Å². The first-order valence-corrected chi connectivity index (χ1v) is 9.33. The average molecular weight is 313 g/mol. The highest BCUT2D eigenvalue weighted by atomic mass is 32.2. The summed E-state index contributed by atoms with van der Waals surface area (Å²) in [6.07, 6.45) is 9.96. The molecule has 1 aromatic rings. The van der Waals surface area contributed by atoms with Crippen molar-refractivity contribution in [1.29, 1.82) is 0 Å². The number of rotatable bonds is 4. The zero-order valence-electron chi connectivity index (χ0n) is 12.2. The number of nitrogens with one attached hydrogen (secondary N) is 1. The number of aromatic nitrogens is 2. The van der Waals surface area contributed by atoms with E-state index in [0.29, 0.717) is 11.7 Å². The quantitative estimate of drug-likeness (QED) is 0.925. The molecule has 2 fully saturated rings. The average Bonchev–Trinajstić information content (AvgIpc) is 2.97. The monoisotopic (exact) mass is 313 g/mol. The van der Waals surface area contributed by atoms with Crippen LogP contribution < -0.4 is 4.72 Å². The molecule has 1 saturated heterocycles. The van der Waals surface area contributed by atoms with E-state index in [1.54, 1.807) is 12.4 Å². The fourth-order valence-corrected chi connectivity index (χ4v) is 4.72. The van der Waals surface area contributed by atoms with Gasteiger partial charge in [0.25, 0.3) is 0 Å². The van der Waals surface area contributed by atoms with Crippen LogP contribution in [0.2, 0.25) is 0 Å². The van der Waals surface area contributed by atoms with Gasteiger partial charge in [-0.15, -0.1) is 0 Å². The van der Waals surface area contributed by atoms with E-state index in [1.807, 2.05) is 4.68 Å². The molecule has 6 nitrogen and oxygen atoms in total. The van der Waals surface area contributed by atoms with Crippen LogP contribution in [-0.2, 0) is 14.8 Å². The first kappa shape index (κ1) is 14.8. The van der Waals surface area contributed by atoms with Gasteiger partial charge >= 0.3 is 0 Å². The molecule has 0 unspecified atom stereocenters. The Morgan fingerprint density at radius 1 is 1.14 bits per heavy atom. The zero-order chi connectivity index (χ0) is 14.7. The Labute approximate surface area is 125 Å². The summed E-state index contributed by atoms with van der Waals surface area (Å²) in [5.41, 5.74) is 0.576. The van der Waals surface area contributed by atoms with Crippen LogP contribution in [0.15, 0.2) is 12.4 Å². The molecule has 0 spiro atoms. The van der Waals surface area contributed by atoms with Crippen LogP contribution in [-0.4, -0.2) is 36.7 Å². The molecular formula is C14H23N3O3S. The predicted molar refractivity (Wildman–Crippen MR) is 80.7 cm³/mol. The second-order valence-electron chi connectivity index (χ2n) is 5.96. The minimum atomic E-state index is -3.28. The highest BCUT2D eigenvalue weighted by Crippen LogP contribution is 2.26. The molecule has 118 valence electrons. The Morgan fingerprint density at radius 3 is 2.57 bits per heavy atom. The van der Waals surface area contributed by atoms with Gasteiger partial charge in [0.1, 0.15) is 0 Å². The molecule has 0 atom stereocenters. The number of nitrogens with zero attached hydrogens (tertiary/aromatic N) is 2. The van der Waals surface area contributed by atoms with Crippen molar-refractivity contribution in [2.75, 3.05) is 17.9 Å². The molecule has 2 heterocycles. The van der Waals surface area contributed by atoms with Crippen molar-refractivity contribution < 1.29 is 13.2 Å². The van der Waals surface area contributed by atoms with Gasteiger partial charge in [0, 0.05) is 19.4 Å². The van der Waals surface area contributed by atoms with E-state index in [0.717, 1.165) is 58.2 Å². The van der Waals surface area contributed by atoms with Gasteiger partial charge in [-0.25, -0.2) is 8.42 Å². The van der Waals surface area contributed by atoms with E-state index in [-0.39, 0.29) is 5.25 Å². The third-order valence-corrected chi connectivity index (χ3v) is 6.29. The summed E-state index contributed by atoms with van der Waals surface area (Å²) < 4.78 is 34.6. The first-order chi connectivity index (χ1) is 10.1. The molecule has 1 aromatic heterocycles. The Morgan fingerprint density at radius 2 is 1.86 bits per heavy atom. The van der Waals surface area contributed by atoms with Crippen LogP contribution in [0.3, 0.4) is 0 Å². The molecule has 0 amide bonds. The predicted octanol–water partition coefficient (Wildman–Crippen LogP) is 2.31. The van der Waals surface area contributed by atoms with E-state index >= 15 is 0 Å². The number of hydrogen-bond donors (Lipinski definition) is 1. The van der Waals surface area contributed by atoms with Crippen molar-refractivity contribution in [3.63, 3.8) is 0 Å². The second kappa shape index (κ2) is 6.36. The molecule has 1 aliphatic carbocycles. The van der Waals surface area contributed by atoms with Gasteiger partial charge in [-0.05, 0) is 25.7 Å². The van der Waals surface area contributed by atoms with Crippen molar-refractivity contribution >= 4 is 15.7 Å². The lowest BCUT2D eigenvalue weighted by atomic mass is 10.0. The fourth-order valence-electron chi connectivity index (χ4n) is 3.16. The zero-order valence-corrected chi connectivity index (χ0v) is 13.0. The molecule has 0 aromatic carbocycles. The molecule has 0 radical (unpaired) electrons. The summed E-state index contributed by atoms with van der Waals surface area (Å²) in [4.78, 5) is 0. The summed E-state index contributed by atoms with van der Waals surface area (Å²) in [5.74, 6) is 0. The van der Waals surface area contributed by atoms with Gasteiger partial charge in [-0.1, -0.05) is 19.3 Å². The van der Waals surface area contributed by atoms with E-state index < -0.39 is 10.0 Å². The Balaban J connectivity index is 1.65. The molecule has 1 aliphatic heterocycles. The molecule has 2 aliphatic rings. The normalized spacial score (nSPS) is 22.3. The summed E-state index contributed by atoms with van der Waals surface area (Å²) in [7, 11) is -3.28.